The van der Waals surface area contributed by atoms with Gasteiger partial charge in [0.25, 0.3) is 0 Å². The maximum Gasteiger partial charge on any atom is 0.143 e. The van der Waals surface area contributed by atoms with Crippen LogP contribution in [0.2, 0.25) is 0 Å². The Morgan fingerprint density at radius 3 is 2.85 bits per heavy atom. The largest absolute Gasteiger partial charge is 0.381 e. The van der Waals surface area contributed by atoms with E-state index in [0.717, 1.165) is 0 Å². The van der Waals surface area contributed by atoms with Gasteiger partial charge in [-0.25, -0.2) is 0 Å². The first kappa shape index (κ1) is 9.46. The van der Waals surface area contributed by atoms with Gasteiger partial charge < -0.3 is 18.9 Å². The molecule has 0 aromatic carbocycles. The van der Waals surface area contributed by atoms with E-state index in [9.17, 15) is 0 Å². The molecule has 2 radical (unpaired) electrons. The highest BCUT2D eigenvalue weighted by molar-refractivity contribution is 6.11. The molecule has 0 aromatic heterocycles. The van der Waals surface area contributed by atoms with Gasteiger partial charge >= 0.3 is 0 Å². The Morgan fingerprint density at radius 2 is 2.31 bits per heavy atom. The van der Waals surface area contributed by atoms with Crippen molar-refractivity contribution in [1.82, 2.24) is 0 Å². The van der Waals surface area contributed by atoms with Crippen molar-refractivity contribution in [2.45, 2.75) is 23.8 Å². The molecule has 13 heavy (non-hydrogen) atoms. The highest BCUT2D eigenvalue weighted by atomic mass is 16.7. The Kier molecular flexibility index (Phi) is 2.36. The van der Waals surface area contributed by atoms with Crippen molar-refractivity contribution in [1.29, 1.82) is 0 Å². The Hall–Kier alpha value is -0.0951. The van der Waals surface area contributed by atoms with Gasteiger partial charge in [0.2, 0.25) is 0 Å². The number of hydrogen-bond acceptors (Lipinski definition) is 4. The van der Waals surface area contributed by atoms with Gasteiger partial charge in [-0.3, -0.25) is 0 Å². The minimum atomic E-state index is -0.492. The number of fused-ring (bicyclic) bond motifs is 2. The summed E-state index contributed by atoms with van der Waals surface area (Å²) in [5.74, 6) is 0. The molecule has 0 aromatic rings. The first-order valence-corrected chi connectivity index (χ1v) is 4.30. The minimum Gasteiger partial charge on any atom is -0.381 e. The van der Waals surface area contributed by atoms with Gasteiger partial charge in [-0.05, 0) is 0 Å². The molecule has 2 heterocycles. The van der Waals surface area contributed by atoms with Gasteiger partial charge in [-0.1, -0.05) is 0 Å². The summed E-state index contributed by atoms with van der Waals surface area (Å²) < 4.78 is 21.5. The maximum absolute atomic E-state index is 5.72. The molecule has 5 heteroatoms. The van der Waals surface area contributed by atoms with Gasteiger partial charge in [0.15, 0.2) is 0 Å². The first-order valence-electron chi connectivity index (χ1n) is 4.30. The van der Waals surface area contributed by atoms with Crippen LogP contribution in [0.3, 0.4) is 0 Å². The molecule has 72 valence electrons. The molecule has 2 aliphatic heterocycles. The van der Waals surface area contributed by atoms with Crippen LogP contribution < -0.4 is 0 Å². The molecular weight excluding hydrogens is 171 g/mol. The smallest absolute Gasteiger partial charge is 0.143 e. The Morgan fingerprint density at radius 1 is 1.54 bits per heavy atom. The molecule has 0 aliphatic carbocycles. The van der Waals surface area contributed by atoms with E-state index in [1.165, 1.54) is 0 Å². The van der Waals surface area contributed by atoms with Gasteiger partial charge in [0.05, 0.1) is 13.2 Å². The molecule has 2 aliphatic rings. The van der Waals surface area contributed by atoms with E-state index in [-0.39, 0.29) is 12.2 Å². The van der Waals surface area contributed by atoms with Crippen molar-refractivity contribution in [3.8, 4) is 0 Å². The predicted molar refractivity (Wildman–Crippen MR) is 45.8 cm³/mol. The molecule has 2 saturated heterocycles. The van der Waals surface area contributed by atoms with E-state index in [2.05, 4.69) is 0 Å². The van der Waals surface area contributed by atoms with Crippen LogP contribution in [0.5, 0.6) is 0 Å². The molecule has 0 saturated carbocycles. The lowest BCUT2D eigenvalue weighted by Gasteiger charge is -2.29. The third kappa shape index (κ3) is 1.22. The van der Waals surface area contributed by atoms with Crippen LogP contribution in [0.15, 0.2) is 0 Å². The van der Waals surface area contributed by atoms with Crippen LogP contribution in [0.4, 0.5) is 0 Å². The van der Waals surface area contributed by atoms with E-state index in [4.69, 9.17) is 26.8 Å². The van der Waals surface area contributed by atoms with Crippen molar-refractivity contribution < 1.29 is 18.9 Å². The van der Waals surface area contributed by atoms with E-state index < -0.39 is 11.6 Å². The Bertz CT molecular complexity index is 201. The fourth-order valence-corrected chi connectivity index (χ4v) is 2.16. The van der Waals surface area contributed by atoms with Crippen molar-refractivity contribution in [2.75, 3.05) is 27.4 Å². The van der Waals surface area contributed by atoms with Crippen LogP contribution >= 0.6 is 0 Å². The lowest BCUT2D eigenvalue weighted by Crippen LogP contribution is -2.45. The average Bonchev–Trinajstić information content (AvgIpc) is 2.55. The molecule has 0 N–H and O–H groups in total. The summed E-state index contributed by atoms with van der Waals surface area (Å²) in [6.45, 7) is 0.952. The summed E-state index contributed by atoms with van der Waals surface area (Å²) in [7, 11) is 8.98. The van der Waals surface area contributed by atoms with E-state index in [1.54, 1.807) is 14.2 Å². The van der Waals surface area contributed by atoms with Crippen molar-refractivity contribution in [3.05, 3.63) is 0 Å². The summed E-state index contributed by atoms with van der Waals surface area (Å²) >= 11 is 0. The van der Waals surface area contributed by atoms with Gasteiger partial charge in [-0.15, -0.1) is 0 Å². The van der Waals surface area contributed by atoms with Gasteiger partial charge in [0.1, 0.15) is 25.7 Å². The molecule has 0 amide bonds. The predicted octanol–water partition coefficient (Wildman–Crippen LogP) is -0.690. The third-order valence-electron chi connectivity index (χ3n) is 2.67. The zero-order valence-corrected chi connectivity index (χ0v) is 7.86. The third-order valence-corrected chi connectivity index (χ3v) is 2.67. The molecular formula is C8H13BO4. The zero-order valence-electron chi connectivity index (χ0n) is 7.86. The van der Waals surface area contributed by atoms with E-state index >= 15 is 0 Å². The number of hydrogen-bond donors (Lipinski definition) is 0. The number of methoxy groups -OCH3 is 2. The summed E-state index contributed by atoms with van der Waals surface area (Å²) in [6, 6.07) is -0.395. The second kappa shape index (κ2) is 3.24. The van der Waals surface area contributed by atoms with E-state index in [0.29, 0.717) is 13.2 Å². The van der Waals surface area contributed by atoms with Crippen LogP contribution in [-0.4, -0.2) is 59.1 Å². The van der Waals surface area contributed by atoms with E-state index in [1.807, 2.05) is 0 Å². The van der Waals surface area contributed by atoms with Crippen molar-refractivity contribution in [3.63, 3.8) is 0 Å². The number of ether oxygens (including phenoxy) is 4. The molecule has 2 bridgehead atoms. The first-order chi connectivity index (χ1) is 6.23. The molecule has 4 nitrogen and oxygen atoms in total. The zero-order chi connectivity index (χ0) is 9.47. The second-order valence-corrected chi connectivity index (χ2v) is 3.51. The van der Waals surface area contributed by atoms with Crippen molar-refractivity contribution in [2.24, 2.45) is 0 Å². The van der Waals surface area contributed by atoms with Crippen LogP contribution in [0.25, 0.3) is 0 Å². The summed E-state index contributed by atoms with van der Waals surface area (Å²) in [5.41, 5.74) is -0.492. The van der Waals surface area contributed by atoms with Gasteiger partial charge in [-0.2, -0.15) is 0 Å². The van der Waals surface area contributed by atoms with Crippen LogP contribution in [0.1, 0.15) is 0 Å². The van der Waals surface area contributed by atoms with Gasteiger partial charge in [0, 0.05) is 20.2 Å². The normalized spacial score (nSPS) is 48.6. The lowest BCUT2D eigenvalue weighted by molar-refractivity contribution is -0.144. The Balaban J connectivity index is 2.17. The topological polar surface area (TPSA) is 36.9 Å². The molecule has 2 rings (SSSR count). The Labute approximate surface area is 78.9 Å². The summed E-state index contributed by atoms with van der Waals surface area (Å²) in [6.07, 6.45) is -0.261. The van der Waals surface area contributed by atoms with Crippen LogP contribution in [0, 0.1) is 0 Å². The fraction of sp³-hybridized carbons (Fsp3) is 1.00. The standard InChI is InChI=1S/C8H13BO4/c1-10-3-8-4-12-5(6(8)11-2)7(9)13-8/h5-7H,3-4H2,1-2H3/t5-,6?,7+,8+/m0/s1. The highest BCUT2D eigenvalue weighted by Crippen LogP contribution is 2.40. The SMILES string of the molecule is [B][C@@H]1O[C@]2(COC)CO[C@H]1C2OC. The second-order valence-electron chi connectivity index (χ2n) is 3.51. The lowest BCUT2D eigenvalue weighted by atomic mass is 9.92. The molecule has 1 unspecified atom stereocenters. The average molecular weight is 184 g/mol. The number of rotatable bonds is 3. The monoisotopic (exact) mass is 184 g/mol. The highest BCUT2D eigenvalue weighted by Gasteiger charge is 2.60. The maximum atomic E-state index is 5.72. The molecule has 2 fully saturated rings. The fourth-order valence-electron chi connectivity index (χ4n) is 2.16. The molecule has 0 spiro atoms. The summed E-state index contributed by atoms with van der Waals surface area (Å²) in [4.78, 5) is 0. The minimum absolute atomic E-state index is 0.109. The van der Waals surface area contributed by atoms with Crippen molar-refractivity contribution >= 4 is 7.85 Å². The quantitative estimate of drug-likeness (QED) is 0.544. The summed E-state index contributed by atoms with van der Waals surface area (Å²) in [5, 5.41) is 0. The van der Waals surface area contributed by atoms with Crippen LogP contribution in [-0.2, 0) is 18.9 Å². The molecule has 4 atom stereocenters.